The van der Waals surface area contributed by atoms with E-state index < -0.39 is 5.97 Å². The van der Waals surface area contributed by atoms with Crippen molar-refractivity contribution in [2.75, 3.05) is 6.61 Å². The maximum absolute atomic E-state index is 11.7. The molecule has 3 N–H and O–H groups in total. The number of carboxylic acid groups (broad SMARTS) is 1. The molecular weight excluding hydrogens is 276 g/mol. The fourth-order valence-electron chi connectivity index (χ4n) is 2.30. The lowest BCUT2D eigenvalue weighted by Crippen LogP contribution is -2.50. The fraction of sp³-hybridized carbons (Fsp3) is 0.571. The molecule has 0 unspecified atom stereocenters. The summed E-state index contributed by atoms with van der Waals surface area (Å²) in [4.78, 5) is 22.6. The molecule has 1 heterocycles. The fourth-order valence-corrected chi connectivity index (χ4v) is 2.30. The first-order valence-corrected chi connectivity index (χ1v) is 6.98. The topological polar surface area (TPSA) is 101 Å². The van der Waals surface area contributed by atoms with Crippen molar-refractivity contribution in [3.05, 3.63) is 23.2 Å². The van der Waals surface area contributed by atoms with Crippen molar-refractivity contribution in [2.45, 2.75) is 45.4 Å². The van der Waals surface area contributed by atoms with E-state index in [9.17, 15) is 9.59 Å². The minimum Gasteiger partial charge on any atom is -0.478 e. The van der Waals surface area contributed by atoms with Gasteiger partial charge in [-0.2, -0.15) is 0 Å². The van der Waals surface area contributed by atoms with Gasteiger partial charge in [-0.05, 0) is 32.8 Å². The molecule has 116 valence electrons. The van der Waals surface area contributed by atoms with Crippen molar-refractivity contribution < 1.29 is 23.8 Å². The van der Waals surface area contributed by atoms with Gasteiger partial charge < -0.3 is 24.9 Å². The van der Waals surface area contributed by atoms with Crippen LogP contribution in [0, 0.1) is 6.92 Å². The lowest BCUT2D eigenvalue weighted by Gasteiger charge is -2.35. The molecule has 1 fully saturated rings. The van der Waals surface area contributed by atoms with Gasteiger partial charge in [-0.15, -0.1) is 0 Å². The molecule has 0 aliphatic heterocycles. The van der Waals surface area contributed by atoms with E-state index in [-0.39, 0.29) is 30.3 Å². The molecule has 1 saturated carbocycles. The average molecular weight is 296 g/mol. The summed E-state index contributed by atoms with van der Waals surface area (Å²) >= 11 is 0. The van der Waals surface area contributed by atoms with Gasteiger partial charge >= 0.3 is 12.0 Å². The summed E-state index contributed by atoms with van der Waals surface area (Å²) in [6.07, 6.45) is 1.89. The van der Waals surface area contributed by atoms with Crippen LogP contribution in [0.15, 0.2) is 10.5 Å². The molecular formula is C14H20N2O5. The van der Waals surface area contributed by atoms with Gasteiger partial charge in [0.05, 0.1) is 12.6 Å². The van der Waals surface area contributed by atoms with E-state index in [2.05, 4.69) is 10.6 Å². The van der Waals surface area contributed by atoms with Crippen LogP contribution in [-0.4, -0.2) is 35.9 Å². The molecule has 0 spiro atoms. The van der Waals surface area contributed by atoms with Gasteiger partial charge in [-0.1, -0.05) is 0 Å². The Bertz CT molecular complexity index is 519. The number of rotatable bonds is 6. The van der Waals surface area contributed by atoms with E-state index in [0.717, 1.165) is 12.8 Å². The van der Waals surface area contributed by atoms with E-state index in [0.29, 0.717) is 18.1 Å². The SMILES string of the molecule is CCOC1CC(NC(=O)NCc2cc(C(=O)O)c(C)o2)C1. The van der Waals surface area contributed by atoms with E-state index in [1.165, 1.54) is 6.07 Å². The van der Waals surface area contributed by atoms with Crippen molar-refractivity contribution in [1.29, 1.82) is 0 Å². The van der Waals surface area contributed by atoms with Gasteiger partial charge in [0.25, 0.3) is 0 Å². The molecule has 0 atom stereocenters. The van der Waals surface area contributed by atoms with Crippen molar-refractivity contribution >= 4 is 12.0 Å². The van der Waals surface area contributed by atoms with Crippen LogP contribution in [-0.2, 0) is 11.3 Å². The van der Waals surface area contributed by atoms with E-state index in [1.54, 1.807) is 6.92 Å². The number of nitrogens with one attached hydrogen (secondary N) is 2. The van der Waals surface area contributed by atoms with Crippen LogP contribution in [0.1, 0.15) is 41.6 Å². The lowest BCUT2D eigenvalue weighted by atomic mass is 9.89. The quantitative estimate of drug-likeness (QED) is 0.741. The third-order valence-corrected chi connectivity index (χ3v) is 3.45. The van der Waals surface area contributed by atoms with Crippen LogP contribution < -0.4 is 10.6 Å². The van der Waals surface area contributed by atoms with Crippen molar-refractivity contribution in [3.63, 3.8) is 0 Å². The number of furan rings is 1. The van der Waals surface area contributed by atoms with E-state index in [4.69, 9.17) is 14.3 Å². The second kappa shape index (κ2) is 6.62. The molecule has 7 heteroatoms. The van der Waals surface area contributed by atoms with Crippen molar-refractivity contribution in [1.82, 2.24) is 10.6 Å². The summed E-state index contributed by atoms with van der Waals surface area (Å²) in [5.74, 6) is -0.289. The first-order valence-electron chi connectivity index (χ1n) is 6.98. The smallest absolute Gasteiger partial charge is 0.339 e. The third kappa shape index (κ3) is 3.98. The summed E-state index contributed by atoms with van der Waals surface area (Å²) in [5.41, 5.74) is 0.116. The number of aromatic carboxylic acids is 1. The minimum absolute atomic E-state index is 0.116. The Labute approximate surface area is 122 Å². The summed E-state index contributed by atoms with van der Waals surface area (Å²) in [6, 6.07) is 1.27. The maximum Gasteiger partial charge on any atom is 0.339 e. The zero-order valence-electron chi connectivity index (χ0n) is 12.1. The minimum atomic E-state index is -1.04. The molecule has 0 radical (unpaired) electrons. The summed E-state index contributed by atoms with van der Waals surface area (Å²) in [7, 11) is 0. The van der Waals surface area contributed by atoms with E-state index >= 15 is 0 Å². The second-order valence-electron chi connectivity index (χ2n) is 5.06. The molecule has 1 aromatic rings. The number of carboxylic acids is 1. The summed E-state index contributed by atoms with van der Waals surface area (Å²) in [5, 5.41) is 14.4. The number of hydrogen-bond acceptors (Lipinski definition) is 4. The molecule has 0 saturated heterocycles. The highest BCUT2D eigenvalue weighted by molar-refractivity contribution is 5.88. The standard InChI is InChI=1S/C14H20N2O5/c1-3-20-10-4-9(5-10)16-14(19)15-7-11-6-12(13(17)18)8(2)21-11/h6,9-10H,3-5,7H2,1-2H3,(H,17,18)(H2,15,16,19). The molecule has 1 aromatic heterocycles. The molecule has 1 aliphatic carbocycles. The molecule has 0 aromatic carbocycles. The van der Waals surface area contributed by atoms with Gasteiger partial charge in [0.15, 0.2) is 0 Å². The number of aryl methyl sites for hydroxylation is 1. The first-order chi connectivity index (χ1) is 9.99. The second-order valence-corrected chi connectivity index (χ2v) is 5.06. The normalized spacial score (nSPS) is 20.7. The van der Waals surface area contributed by atoms with Crippen LogP contribution in [0.3, 0.4) is 0 Å². The molecule has 21 heavy (non-hydrogen) atoms. The van der Waals surface area contributed by atoms with Gasteiger partial charge in [-0.25, -0.2) is 9.59 Å². The van der Waals surface area contributed by atoms with Crippen molar-refractivity contribution in [3.8, 4) is 0 Å². The Morgan fingerprint density at radius 2 is 2.19 bits per heavy atom. The Hall–Kier alpha value is -2.02. The zero-order valence-corrected chi connectivity index (χ0v) is 12.1. The molecule has 0 bridgehead atoms. The molecule has 2 rings (SSSR count). The Morgan fingerprint density at radius 3 is 2.76 bits per heavy atom. The Kier molecular flexibility index (Phi) is 4.85. The van der Waals surface area contributed by atoms with Crippen LogP contribution >= 0.6 is 0 Å². The largest absolute Gasteiger partial charge is 0.478 e. The van der Waals surface area contributed by atoms with Crippen LogP contribution in [0.4, 0.5) is 4.79 Å². The average Bonchev–Trinajstić information content (AvgIpc) is 2.75. The zero-order chi connectivity index (χ0) is 15.4. The number of urea groups is 1. The van der Waals surface area contributed by atoms with Crippen molar-refractivity contribution in [2.24, 2.45) is 0 Å². The maximum atomic E-state index is 11.7. The monoisotopic (exact) mass is 296 g/mol. The van der Waals surface area contributed by atoms with Gasteiger partial charge in [0, 0.05) is 12.6 Å². The predicted molar refractivity (Wildman–Crippen MR) is 74.2 cm³/mol. The number of carbonyl (C=O) groups excluding carboxylic acids is 1. The number of hydrogen-bond donors (Lipinski definition) is 3. The summed E-state index contributed by atoms with van der Waals surface area (Å²) < 4.78 is 10.7. The highest BCUT2D eigenvalue weighted by atomic mass is 16.5. The number of ether oxygens (including phenoxy) is 1. The van der Waals surface area contributed by atoms with Crippen LogP contribution in [0.2, 0.25) is 0 Å². The number of amides is 2. The lowest BCUT2D eigenvalue weighted by molar-refractivity contribution is -0.00711. The highest BCUT2D eigenvalue weighted by Crippen LogP contribution is 2.23. The molecule has 2 amide bonds. The predicted octanol–water partition coefficient (Wildman–Crippen LogP) is 1.65. The highest BCUT2D eigenvalue weighted by Gasteiger charge is 2.30. The Morgan fingerprint density at radius 1 is 1.48 bits per heavy atom. The number of carbonyl (C=O) groups is 2. The van der Waals surface area contributed by atoms with Gasteiger partial charge in [0.1, 0.15) is 17.1 Å². The van der Waals surface area contributed by atoms with Gasteiger partial charge in [-0.3, -0.25) is 0 Å². The third-order valence-electron chi connectivity index (χ3n) is 3.45. The Balaban J connectivity index is 1.72. The van der Waals surface area contributed by atoms with Gasteiger partial charge in [0.2, 0.25) is 0 Å². The van der Waals surface area contributed by atoms with E-state index in [1.807, 2.05) is 6.92 Å². The first kappa shape index (κ1) is 15.4. The van der Waals surface area contributed by atoms with Crippen LogP contribution in [0.5, 0.6) is 0 Å². The molecule has 1 aliphatic rings. The molecule has 7 nitrogen and oxygen atoms in total. The summed E-state index contributed by atoms with van der Waals surface area (Å²) in [6.45, 7) is 4.37. The van der Waals surface area contributed by atoms with Crippen LogP contribution in [0.25, 0.3) is 0 Å².